The summed E-state index contributed by atoms with van der Waals surface area (Å²) in [5.41, 5.74) is 0.354. The van der Waals surface area contributed by atoms with Gasteiger partial charge in [0.25, 0.3) is 0 Å². The fourth-order valence-electron chi connectivity index (χ4n) is 1.55. The number of aromatic nitrogens is 1. The Bertz CT molecular complexity index is 478. The number of aliphatic hydroxyl groups is 1. The lowest BCUT2D eigenvalue weighted by Crippen LogP contribution is -2.49. The first-order valence-corrected chi connectivity index (χ1v) is 4.98. The maximum atomic E-state index is 13.1. The first-order chi connectivity index (χ1) is 8.11. The number of rotatable bonds is 2. The van der Waals surface area contributed by atoms with E-state index in [2.05, 4.69) is 10.3 Å². The van der Waals surface area contributed by atoms with E-state index in [4.69, 9.17) is 5.11 Å². The molecule has 2 N–H and O–H groups in total. The minimum atomic E-state index is -0.773. The van der Waals surface area contributed by atoms with Crippen molar-refractivity contribution < 1.29 is 19.1 Å². The molecule has 1 aliphatic heterocycles. The van der Waals surface area contributed by atoms with Crippen molar-refractivity contribution in [2.24, 2.45) is 0 Å². The summed E-state index contributed by atoms with van der Waals surface area (Å²) < 4.78 is 13.1. The van der Waals surface area contributed by atoms with Crippen molar-refractivity contribution in [3.8, 4) is 0 Å². The Hall–Kier alpha value is -2.02. The third-order valence-corrected chi connectivity index (χ3v) is 2.43. The van der Waals surface area contributed by atoms with E-state index >= 15 is 0 Å². The number of anilines is 1. The van der Waals surface area contributed by atoms with Crippen LogP contribution in [0.2, 0.25) is 0 Å². The quantitative estimate of drug-likeness (QED) is 0.720. The molecule has 0 unspecified atom stereocenters. The first kappa shape index (κ1) is 11.5. The van der Waals surface area contributed by atoms with Gasteiger partial charge in [0, 0.05) is 18.5 Å². The van der Waals surface area contributed by atoms with Crippen LogP contribution in [-0.4, -0.2) is 28.6 Å². The van der Waals surface area contributed by atoms with Crippen molar-refractivity contribution in [2.45, 2.75) is 13.0 Å². The normalized spacial score (nSPS) is 16.0. The largest absolute Gasteiger partial charge is 0.392 e. The number of halogens is 1. The van der Waals surface area contributed by atoms with Gasteiger partial charge in [0.05, 0.1) is 18.5 Å². The van der Waals surface area contributed by atoms with E-state index in [-0.39, 0.29) is 24.4 Å². The molecule has 0 aliphatic carbocycles. The number of imide groups is 1. The molecule has 90 valence electrons. The van der Waals surface area contributed by atoms with Gasteiger partial charge in [0.15, 0.2) is 0 Å². The number of hydrogen-bond donors (Lipinski definition) is 2. The van der Waals surface area contributed by atoms with Gasteiger partial charge in [-0.25, -0.2) is 9.78 Å². The molecule has 0 aromatic carbocycles. The van der Waals surface area contributed by atoms with Crippen LogP contribution in [0.15, 0.2) is 12.3 Å². The molecule has 7 heteroatoms. The van der Waals surface area contributed by atoms with Crippen molar-refractivity contribution >= 4 is 17.6 Å². The first-order valence-electron chi connectivity index (χ1n) is 4.98. The highest BCUT2D eigenvalue weighted by Gasteiger charge is 2.24. The van der Waals surface area contributed by atoms with Crippen LogP contribution in [-0.2, 0) is 11.4 Å². The van der Waals surface area contributed by atoms with Crippen molar-refractivity contribution in [3.05, 3.63) is 23.8 Å². The second-order valence-electron chi connectivity index (χ2n) is 3.56. The molecule has 1 aromatic rings. The van der Waals surface area contributed by atoms with Crippen molar-refractivity contribution in [3.63, 3.8) is 0 Å². The summed E-state index contributed by atoms with van der Waals surface area (Å²) in [5, 5.41) is 11.0. The molecule has 2 heterocycles. The van der Waals surface area contributed by atoms with E-state index in [1.807, 2.05) is 0 Å². The van der Waals surface area contributed by atoms with E-state index in [0.717, 1.165) is 0 Å². The van der Waals surface area contributed by atoms with Gasteiger partial charge in [-0.2, -0.15) is 4.39 Å². The maximum Gasteiger partial charge on any atom is 0.328 e. The Morgan fingerprint density at radius 1 is 1.53 bits per heavy atom. The minimum absolute atomic E-state index is 0.00667. The third kappa shape index (κ3) is 2.23. The number of amides is 3. The topological polar surface area (TPSA) is 82.5 Å². The average Bonchev–Trinajstić information content (AvgIpc) is 2.30. The summed E-state index contributed by atoms with van der Waals surface area (Å²) in [7, 11) is 0. The number of pyridine rings is 1. The fraction of sp³-hybridized carbons (Fsp3) is 0.300. The SMILES string of the molecule is O=C1CCN(c2cnc(F)c(CO)c2)C(=O)N1. The van der Waals surface area contributed by atoms with Gasteiger partial charge in [0.1, 0.15) is 0 Å². The van der Waals surface area contributed by atoms with Gasteiger partial charge < -0.3 is 5.11 Å². The summed E-state index contributed by atoms with van der Waals surface area (Å²) in [6.07, 6.45) is 1.36. The molecular formula is C10H10FN3O3. The van der Waals surface area contributed by atoms with Crippen molar-refractivity contribution in [2.75, 3.05) is 11.4 Å². The zero-order valence-corrected chi connectivity index (χ0v) is 8.81. The number of nitrogens with zero attached hydrogens (tertiary/aromatic N) is 2. The van der Waals surface area contributed by atoms with Gasteiger partial charge in [-0.3, -0.25) is 15.0 Å². The average molecular weight is 239 g/mol. The maximum absolute atomic E-state index is 13.1. The molecule has 17 heavy (non-hydrogen) atoms. The number of nitrogens with one attached hydrogen (secondary N) is 1. The van der Waals surface area contributed by atoms with E-state index in [1.54, 1.807) is 0 Å². The third-order valence-electron chi connectivity index (χ3n) is 2.43. The monoisotopic (exact) mass is 239 g/mol. The van der Waals surface area contributed by atoms with E-state index in [9.17, 15) is 14.0 Å². The second kappa shape index (κ2) is 4.46. The molecule has 0 bridgehead atoms. The van der Waals surface area contributed by atoms with Gasteiger partial charge in [-0.05, 0) is 6.07 Å². The molecule has 0 radical (unpaired) electrons. The van der Waals surface area contributed by atoms with E-state index < -0.39 is 18.6 Å². The van der Waals surface area contributed by atoms with Crippen LogP contribution >= 0.6 is 0 Å². The molecule has 0 spiro atoms. The number of carbonyl (C=O) groups is 2. The van der Waals surface area contributed by atoms with Crippen LogP contribution in [0.1, 0.15) is 12.0 Å². The minimum Gasteiger partial charge on any atom is -0.392 e. The van der Waals surface area contributed by atoms with Crippen LogP contribution < -0.4 is 10.2 Å². The van der Waals surface area contributed by atoms with Crippen LogP contribution in [0.3, 0.4) is 0 Å². The number of aliphatic hydroxyl groups excluding tert-OH is 1. The van der Waals surface area contributed by atoms with Gasteiger partial charge in [0.2, 0.25) is 11.9 Å². The molecule has 3 amide bonds. The Balaban J connectivity index is 2.28. The van der Waals surface area contributed by atoms with Gasteiger partial charge in [-0.15, -0.1) is 0 Å². The zero-order chi connectivity index (χ0) is 12.4. The lowest BCUT2D eigenvalue weighted by molar-refractivity contribution is -0.120. The summed E-state index contributed by atoms with van der Waals surface area (Å²) >= 11 is 0. The highest BCUT2D eigenvalue weighted by atomic mass is 19.1. The standard InChI is InChI=1S/C10H10FN3O3/c11-9-6(5-15)3-7(4-12-9)14-2-1-8(16)13-10(14)17/h3-4,15H,1-2,5H2,(H,13,16,17). The van der Waals surface area contributed by atoms with Crippen LogP contribution in [0.4, 0.5) is 14.9 Å². The van der Waals surface area contributed by atoms with Crippen LogP contribution in [0, 0.1) is 5.95 Å². The molecule has 2 rings (SSSR count). The number of carbonyl (C=O) groups excluding carboxylic acids is 2. The summed E-state index contributed by atoms with van der Waals surface area (Å²) in [4.78, 5) is 27.2. The predicted molar refractivity (Wildman–Crippen MR) is 55.6 cm³/mol. The lowest BCUT2D eigenvalue weighted by Gasteiger charge is -2.26. The van der Waals surface area contributed by atoms with Gasteiger partial charge in [-0.1, -0.05) is 0 Å². The Morgan fingerprint density at radius 3 is 2.94 bits per heavy atom. The molecule has 6 nitrogen and oxygen atoms in total. The molecule has 1 saturated heterocycles. The van der Waals surface area contributed by atoms with E-state index in [0.29, 0.717) is 5.69 Å². The molecule has 1 aliphatic rings. The summed E-state index contributed by atoms with van der Waals surface area (Å²) in [6.45, 7) is -0.288. The van der Waals surface area contributed by atoms with Crippen molar-refractivity contribution in [1.29, 1.82) is 0 Å². The molecule has 0 atom stereocenters. The zero-order valence-electron chi connectivity index (χ0n) is 8.81. The number of hydrogen-bond acceptors (Lipinski definition) is 4. The second-order valence-corrected chi connectivity index (χ2v) is 3.56. The molecule has 0 saturated carbocycles. The van der Waals surface area contributed by atoms with E-state index in [1.165, 1.54) is 17.2 Å². The Morgan fingerprint density at radius 2 is 2.29 bits per heavy atom. The highest BCUT2D eigenvalue weighted by molar-refractivity contribution is 6.05. The van der Waals surface area contributed by atoms with Gasteiger partial charge >= 0.3 is 6.03 Å². The summed E-state index contributed by atoms with van der Waals surface area (Å²) in [5.74, 6) is -1.12. The number of urea groups is 1. The Kier molecular flexibility index (Phi) is 3.01. The van der Waals surface area contributed by atoms with Crippen molar-refractivity contribution in [1.82, 2.24) is 10.3 Å². The molecular weight excluding hydrogens is 229 g/mol. The summed E-state index contributed by atoms with van der Waals surface area (Å²) in [6, 6.07) is 0.760. The predicted octanol–water partition coefficient (Wildman–Crippen LogP) is 0.159. The Labute approximate surface area is 96.1 Å². The van der Waals surface area contributed by atoms with Crippen LogP contribution in [0.5, 0.6) is 0 Å². The molecule has 1 fully saturated rings. The molecule has 1 aromatic heterocycles. The lowest BCUT2D eigenvalue weighted by atomic mass is 10.2. The fourth-order valence-corrected chi connectivity index (χ4v) is 1.55. The smallest absolute Gasteiger partial charge is 0.328 e. The highest BCUT2D eigenvalue weighted by Crippen LogP contribution is 2.18. The van der Waals surface area contributed by atoms with Crippen LogP contribution in [0.25, 0.3) is 0 Å².